The van der Waals surface area contributed by atoms with E-state index in [0.29, 0.717) is 17.9 Å². The van der Waals surface area contributed by atoms with Crippen molar-refractivity contribution < 1.29 is 4.79 Å². The van der Waals surface area contributed by atoms with Crippen molar-refractivity contribution in [3.63, 3.8) is 0 Å². The summed E-state index contributed by atoms with van der Waals surface area (Å²) in [4.78, 5) is 17.9. The van der Waals surface area contributed by atoms with E-state index in [4.69, 9.17) is 0 Å². The van der Waals surface area contributed by atoms with Crippen molar-refractivity contribution in [2.24, 2.45) is 5.41 Å². The van der Waals surface area contributed by atoms with Crippen LogP contribution in [0.3, 0.4) is 0 Å². The fourth-order valence-corrected chi connectivity index (χ4v) is 4.54. The van der Waals surface area contributed by atoms with Crippen LogP contribution in [0.1, 0.15) is 38.8 Å². The minimum atomic E-state index is 0.0979. The summed E-state index contributed by atoms with van der Waals surface area (Å²) >= 11 is 3.29. The summed E-state index contributed by atoms with van der Waals surface area (Å²) in [7, 11) is 0. The molecule has 2 aromatic rings. The van der Waals surface area contributed by atoms with Crippen LogP contribution in [0.25, 0.3) is 9.88 Å². The molecule has 0 aliphatic heterocycles. The molecule has 21 heavy (non-hydrogen) atoms. The highest BCUT2D eigenvalue weighted by atomic mass is 32.1. The third-order valence-corrected chi connectivity index (χ3v) is 5.89. The van der Waals surface area contributed by atoms with E-state index in [1.54, 1.807) is 22.7 Å². The molecule has 3 nitrogen and oxygen atoms in total. The van der Waals surface area contributed by atoms with Gasteiger partial charge in [0.2, 0.25) is 5.91 Å². The van der Waals surface area contributed by atoms with Crippen molar-refractivity contribution in [2.75, 3.05) is 0 Å². The van der Waals surface area contributed by atoms with Crippen LogP contribution in [0.2, 0.25) is 0 Å². The SMILES string of the molecule is CC1(C)CCC(NC(=O)Cc2csc(-c3cccs3)n2)C1. The lowest BCUT2D eigenvalue weighted by Gasteiger charge is -2.17. The van der Waals surface area contributed by atoms with E-state index < -0.39 is 0 Å². The number of thiophene rings is 1. The van der Waals surface area contributed by atoms with Gasteiger partial charge in [0.05, 0.1) is 17.0 Å². The van der Waals surface area contributed by atoms with Crippen LogP contribution in [0.15, 0.2) is 22.9 Å². The van der Waals surface area contributed by atoms with Crippen LogP contribution >= 0.6 is 22.7 Å². The van der Waals surface area contributed by atoms with Crippen LogP contribution < -0.4 is 5.32 Å². The summed E-state index contributed by atoms with van der Waals surface area (Å²) in [5.41, 5.74) is 1.24. The Morgan fingerprint density at radius 2 is 2.33 bits per heavy atom. The van der Waals surface area contributed by atoms with Gasteiger partial charge in [-0.2, -0.15) is 0 Å². The first kappa shape index (κ1) is 14.7. The van der Waals surface area contributed by atoms with Gasteiger partial charge in [-0.05, 0) is 36.1 Å². The molecule has 2 aromatic heterocycles. The minimum absolute atomic E-state index is 0.0979. The van der Waals surface area contributed by atoms with Crippen molar-refractivity contribution in [2.45, 2.75) is 45.6 Å². The molecule has 0 saturated heterocycles. The zero-order valence-electron chi connectivity index (χ0n) is 12.4. The van der Waals surface area contributed by atoms with E-state index in [9.17, 15) is 4.79 Å². The molecule has 0 radical (unpaired) electrons. The molecule has 1 atom stereocenters. The fourth-order valence-electron chi connectivity index (χ4n) is 2.90. The highest BCUT2D eigenvalue weighted by Gasteiger charge is 2.31. The number of hydrogen-bond donors (Lipinski definition) is 1. The lowest BCUT2D eigenvalue weighted by molar-refractivity contribution is -0.121. The minimum Gasteiger partial charge on any atom is -0.353 e. The topological polar surface area (TPSA) is 42.0 Å². The third-order valence-electron chi connectivity index (χ3n) is 3.96. The molecule has 1 aliphatic rings. The quantitative estimate of drug-likeness (QED) is 0.921. The Bertz CT molecular complexity index is 616. The summed E-state index contributed by atoms with van der Waals surface area (Å²) < 4.78 is 0. The molecule has 3 rings (SSSR count). The van der Waals surface area contributed by atoms with Gasteiger partial charge in [0.1, 0.15) is 5.01 Å². The predicted molar refractivity (Wildman–Crippen MR) is 88.7 cm³/mol. The van der Waals surface area contributed by atoms with E-state index in [2.05, 4.69) is 30.2 Å². The molecule has 0 bridgehead atoms. The zero-order valence-corrected chi connectivity index (χ0v) is 14.0. The molecule has 1 unspecified atom stereocenters. The molecular weight excluding hydrogens is 300 g/mol. The smallest absolute Gasteiger partial charge is 0.226 e. The second-order valence-electron chi connectivity index (χ2n) is 6.47. The Hall–Kier alpha value is -1.20. The molecule has 112 valence electrons. The lowest BCUT2D eigenvalue weighted by Crippen LogP contribution is -2.34. The van der Waals surface area contributed by atoms with Gasteiger partial charge >= 0.3 is 0 Å². The maximum atomic E-state index is 12.1. The number of hydrogen-bond acceptors (Lipinski definition) is 4. The highest BCUT2D eigenvalue weighted by Crippen LogP contribution is 2.36. The van der Waals surface area contributed by atoms with Crippen LogP contribution in [-0.4, -0.2) is 16.9 Å². The van der Waals surface area contributed by atoms with E-state index in [-0.39, 0.29) is 5.91 Å². The van der Waals surface area contributed by atoms with Gasteiger partial charge in [0, 0.05) is 11.4 Å². The average Bonchev–Trinajstić information content (AvgIpc) is 3.09. The molecule has 1 saturated carbocycles. The van der Waals surface area contributed by atoms with Crippen molar-refractivity contribution >= 4 is 28.6 Å². The summed E-state index contributed by atoms with van der Waals surface area (Å²) in [6, 6.07) is 4.42. The van der Waals surface area contributed by atoms with Crippen molar-refractivity contribution in [3.05, 3.63) is 28.6 Å². The van der Waals surface area contributed by atoms with Gasteiger partial charge in [-0.1, -0.05) is 19.9 Å². The molecule has 2 heterocycles. The largest absolute Gasteiger partial charge is 0.353 e. The van der Waals surface area contributed by atoms with Gasteiger partial charge < -0.3 is 5.32 Å². The number of nitrogens with one attached hydrogen (secondary N) is 1. The lowest BCUT2D eigenvalue weighted by atomic mass is 9.92. The van der Waals surface area contributed by atoms with Gasteiger partial charge in [-0.25, -0.2) is 4.98 Å². The normalized spacial score (nSPS) is 20.6. The third kappa shape index (κ3) is 3.71. The molecule has 1 N–H and O–H groups in total. The van der Waals surface area contributed by atoms with Crippen LogP contribution in [0.5, 0.6) is 0 Å². The highest BCUT2D eigenvalue weighted by molar-refractivity contribution is 7.20. The molecule has 0 spiro atoms. The number of thiazole rings is 1. The van der Waals surface area contributed by atoms with E-state index in [1.807, 2.05) is 16.8 Å². The molecule has 1 aliphatic carbocycles. The Labute approximate surface area is 133 Å². The van der Waals surface area contributed by atoms with E-state index >= 15 is 0 Å². The van der Waals surface area contributed by atoms with Gasteiger partial charge in [0.25, 0.3) is 0 Å². The number of rotatable bonds is 4. The standard InChI is InChI=1S/C16H20N2OS2/c1-16(2)6-5-11(9-16)17-14(19)8-12-10-21-15(18-12)13-4-3-7-20-13/h3-4,7,10-11H,5-6,8-9H2,1-2H3,(H,17,19). The van der Waals surface area contributed by atoms with Crippen LogP contribution in [0, 0.1) is 5.41 Å². The summed E-state index contributed by atoms with van der Waals surface area (Å²) in [5.74, 6) is 0.0979. The Kier molecular flexibility index (Phi) is 4.13. The maximum Gasteiger partial charge on any atom is 0.226 e. The van der Waals surface area contributed by atoms with Crippen LogP contribution in [-0.2, 0) is 11.2 Å². The molecule has 1 fully saturated rings. The number of nitrogens with zero attached hydrogens (tertiary/aromatic N) is 1. The molecule has 1 amide bonds. The number of amides is 1. The molecule has 5 heteroatoms. The van der Waals surface area contributed by atoms with Crippen molar-refractivity contribution in [1.82, 2.24) is 10.3 Å². The Balaban J connectivity index is 1.56. The summed E-state index contributed by atoms with van der Waals surface area (Å²) in [5, 5.41) is 8.20. The van der Waals surface area contributed by atoms with E-state index in [1.165, 1.54) is 11.3 Å². The average molecular weight is 320 g/mol. The first-order valence-electron chi connectivity index (χ1n) is 7.29. The number of aromatic nitrogens is 1. The summed E-state index contributed by atoms with van der Waals surface area (Å²) in [6.45, 7) is 4.54. The van der Waals surface area contributed by atoms with Crippen LogP contribution in [0.4, 0.5) is 0 Å². The van der Waals surface area contributed by atoms with Gasteiger partial charge in [-0.15, -0.1) is 22.7 Å². The fraction of sp³-hybridized carbons (Fsp3) is 0.500. The van der Waals surface area contributed by atoms with Crippen molar-refractivity contribution in [3.8, 4) is 9.88 Å². The second-order valence-corrected chi connectivity index (χ2v) is 8.28. The maximum absolute atomic E-state index is 12.1. The monoisotopic (exact) mass is 320 g/mol. The van der Waals surface area contributed by atoms with Gasteiger partial charge in [0.15, 0.2) is 0 Å². The first-order chi connectivity index (χ1) is 10.0. The number of carbonyl (C=O) groups is 1. The van der Waals surface area contributed by atoms with Crippen molar-refractivity contribution in [1.29, 1.82) is 0 Å². The zero-order chi connectivity index (χ0) is 14.9. The second kappa shape index (κ2) is 5.89. The molecular formula is C16H20N2OS2. The number of carbonyl (C=O) groups excluding carboxylic acids is 1. The van der Waals surface area contributed by atoms with E-state index in [0.717, 1.165) is 23.5 Å². The molecule has 0 aromatic carbocycles. The first-order valence-corrected chi connectivity index (χ1v) is 9.05. The van der Waals surface area contributed by atoms with Gasteiger partial charge in [-0.3, -0.25) is 4.79 Å². The predicted octanol–water partition coefficient (Wildman–Crippen LogP) is 4.11. The Morgan fingerprint density at radius 1 is 1.48 bits per heavy atom. The Morgan fingerprint density at radius 3 is 3.00 bits per heavy atom. The summed E-state index contributed by atoms with van der Waals surface area (Å²) in [6.07, 6.45) is 3.75.